The van der Waals surface area contributed by atoms with Crippen molar-refractivity contribution in [2.75, 3.05) is 12.4 Å². The van der Waals surface area contributed by atoms with Crippen LogP contribution < -0.4 is 10.1 Å². The predicted molar refractivity (Wildman–Crippen MR) is 112 cm³/mol. The Bertz CT molecular complexity index is 1070. The highest BCUT2D eigenvalue weighted by Crippen LogP contribution is 2.22. The molecule has 0 atom stereocenters. The molecule has 4 rings (SSSR count). The molecule has 0 fully saturated rings. The van der Waals surface area contributed by atoms with Gasteiger partial charge < -0.3 is 10.1 Å². The molecule has 5 nitrogen and oxygen atoms in total. The van der Waals surface area contributed by atoms with Crippen LogP contribution in [-0.2, 0) is 19.4 Å². The number of nitrogens with zero attached hydrogens (tertiary/aromatic N) is 3. The molecule has 2 aromatic heterocycles. The Labute approximate surface area is 164 Å². The Kier molecular flexibility index (Phi) is 5.43. The standard InChI is InChI=1S/C23H22N4O/c1-28-22-8-3-2-5-19(22)15-26-23-12-11-20-18(6-4-7-21(20)27-23)10-9-17-13-24-16-25-14-17/h2-8,11-14,16H,9-10,15H2,1H3,(H,26,27). The summed E-state index contributed by atoms with van der Waals surface area (Å²) in [5.74, 6) is 1.73. The summed E-state index contributed by atoms with van der Waals surface area (Å²) in [6, 6.07) is 18.5. The Hall–Kier alpha value is -3.47. The monoisotopic (exact) mass is 370 g/mol. The van der Waals surface area contributed by atoms with Crippen LogP contribution in [0.5, 0.6) is 5.75 Å². The fourth-order valence-electron chi connectivity index (χ4n) is 3.31. The second-order valence-corrected chi connectivity index (χ2v) is 6.59. The minimum atomic E-state index is 0.663. The molecule has 2 aromatic carbocycles. The molecule has 0 unspecified atom stereocenters. The molecule has 0 radical (unpaired) electrons. The zero-order valence-corrected chi connectivity index (χ0v) is 15.8. The van der Waals surface area contributed by atoms with Crippen molar-refractivity contribution in [2.45, 2.75) is 19.4 Å². The van der Waals surface area contributed by atoms with Gasteiger partial charge in [0.05, 0.1) is 12.6 Å². The van der Waals surface area contributed by atoms with Crippen molar-refractivity contribution >= 4 is 16.7 Å². The maximum atomic E-state index is 5.41. The van der Waals surface area contributed by atoms with Gasteiger partial charge in [-0.25, -0.2) is 15.0 Å². The largest absolute Gasteiger partial charge is 0.496 e. The summed E-state index contributed by atoms with van der Waals surface area (Å²) in [5.41, 5.74) is 4.52. The van der Waals surface area contributed by atoms with E-state index >= 15 is 0 Å². The van der Waals surface area contributed by atoms with Crippen LogP contribution in [-0.4, -0.2) is 22.1 Å². The highest BCUT2D eigenvalue weighted by atomic mass is 16.5. The molecule has 0 aliphatic heterocycles. The first-order valence-electron chi connectivity index (χ1n) is 9.32. The van der Waals surface area contributed by atoms with E-state index in [1.165, 1.54) is 10.9 Å². The van der Waals surface area contributed by atoms with Gasteiger partial charge >= 0.3 is 0 Å². The fraction of sp³-hybridized carbons (Fsp3) is 0.174. The lowest BCUT2D eigenvalue weighted by Crippen LogP contribution is -2.03. The highest BCUT2D eigenvalue weighted by Gasteiger charge is 2.06. The van der Waals surface area contributed by atoms with Crippen LogP contribution >= 0.6 is 0 Å². The number of fused-ring (bicyclic) bond motifs is 1. The van der Waals surface area contributed by atoms with Crippen molar-refractivity contribution in [3.63, 3.8) is 0 Å². The van der Waals surface area contributed by atoms with E-state index in [-0.39, 0.29) is 0 Å². The van der Waals surface area contributed by atoms with E-state index < -0.39 is 0 Å². The van der Waals surface area contributed by atoms with Gasteiger partial charge in [0, 0.05) is 29.9 Å². The van der Waals surface area contributed by atoms with E-state index in [1.807, 2.05) is 36.7 Å². The molecule has 28 heavy (non-hydrogen) atoms. The molecule has 0 amide bonds. The molecule has 0 aliphatic rings. The lowest BCUT2D eigenvalue weighted by Gasteiger charge is -2.11. The molecule has 2 heterocycles. The zero-order chi connectivity index (χ0) is 19.2. The third-order valence-electron chi connectivity index (χ3n) is 4.77. The molecule has 0 aliphatic carbocycles. The number of nitrogens with one attached hydrogen (secondary N) is 1. The van der Waals surface area contributed by atoms with Gasteiger partial charge in [-0.3, -0.25) is 0 Å². The number of anilines is 1. The van der Waals surface area contributed by atoms with Crippen LogP contribution in [0.1, 0.15) is 16.7 Å². The summed E-state index contributed by atoms with van der Waals surface area (Å²) in [4.78, 5) is 13.0. The van der Waals surface area contributed by atoms with Gasteiger partial charge in [-0.15, -0.1) is 0 Å². The quantitative estimate of drug-likeness (QED) is 0.521. The second kappa shape index (κ2) is 8.48. The SMILES string of the molecule is COc1ccccc1CNc1ccc2c(CCc3cncnc3)cccc2n1. The predicted octanol–water partition coefficient (Wildman–Crippen LogP) is 4.43. The van der Waals surface area contributed by atoms with Crippen LogP contribution in [0.4, 0.5) is 5.82 Å². The van der Waals surface area contributed by atoms with Crippen LogP contribution in [0.2, 0.25) is 0 Å². The number of hydrogen-bond donors (Lipinski definition) is 1. The Morgan fingerprint density at radius 3 is 2.54 bits per heavy atom. The van der Waals surface area contributed by atoms with Crippen molar-refractivity contribution in [1.29, 1.82) is 0 Å². The minimum Gasteiger partial charge on any atom is -0.496 e. The number of hydrogen-bond acceptors (Lipinski definition) is 5. The molecule has 4 aromatic rings. The number of pyridine rings is 1. The summed E-state index contributed by atoms with van der Waals surface area (Å²) in [5, 5.41) is 4.58. The van der Waals surface area contributed by atoms with Gasteiger partial charge in [-0.05, 0) is 48.2 Å². The zero-order valence-electron chi connectivity index (χ0n) is 15.8. The average Bonchev–Trinajstić information content (AvgIpc) is 2.77. The normalized spacial score (nSPS) is 10.8. The summed E-state index contributed by atoms with van der Waals surface area (Å²) < 4.78 is 5.41. The molecule has 0 saturated heterocycles. The van der Waals surface area contributed by atoms with Gasteiger partial charge in [0.15, 0.2) is 0 Å². The molecular formula is C23H22N4O. The van der Waals surface area contributed by atoms with Gasteiger partial charge in [0.2, 0.25) is 0 Å². The fourth-order valence-corrected chi connectivity index (χ4v) is 3.31. The number of benzene rings is 2. The molecule has 1 N–H and O–H groups in total. The van der Waals surface area contributed by atoms with E-state index in [1.54, 1.807) is 13.4 Å². The highest BCUT2D eigenvalue weighted by molar-refractivity contribution is 5.83. The first-order chi connectivity index (χ1) is 13.8. The summed E-state index contributed by atoms with van der Waals surface area (Å²) in [6.07, 6.45) is 7.14. The number of aromatic nitrogens is 3. The molecule has 5 heteroatoms. The molecule has 0 spiro atoms. The van der Waals surface area contributed by atoms with Crippen LogP contribution in [0.3, 0.4) is 0 Å². The average molecular weight is 370 g/mol. The summed E-state index contributed by atoms with van der Waals surface area (Å²) in [6.45, 7) is 0.663. The van der Waals surface area contributed by atoms with Crippen molar-refractivity contribution in [3.8, 4) is 5.75 Å². The van der Waals surface area contributed by atoms with E-state index in [4.69, 9.17) is 9.72 Å². The van der Waals surface area contributed by atoms with E-state index in [0.29, 0.717) is 6.54 Å². The number of methoxy groups -OCH3 is 1. The number of ether oxygens (including phenoxy) is 1. The topological polar surface area (TPSA) is 59.9 Å². The maximum Gasteiger partial charge on any atom is 0.126 e. The minimum absolute atomic E-state index is 0.663. The van der Waals surface area contributed by atoms with Gasteiger partial charge in [0.1, 0.15) is 17.9 Å². The van der Waals surface area contributed by atoms with Crippen molar-refractivity contribution < 1.29 is 4.74 Å². The third-order valence-corrected chi connectivity index (χ3v) is 4.77. The lowest BCUT2D eigenvalue weighted by molar-refractivity contribution is 0.410. The molecular weight excluding hydrogens is 348 g/mol. The maximum absolute atomic E-state index is 5.41. The summed E-state index contributed by atoms with van der Waals surface area (Å²) >= 11 is 0. The second-order valence-electron chi connectivity index (χ2n) is 6.59. The Balaban J connectivity index is 1.50. The van der Waals surface area contributed by atoms with Crippen molar-refractivity contribution in [2.24, 2.45) is 0 Å². The third kappa shape index (κ3) is 4.09. The van der Waals surface area contributed by atoms with Gasteiger partial charge in [0.25, 0.3) is 0 Å². The first kappa shape index (κ1) is 17.9. The van der Waals surface area contributed by atoms with Gasteiger partial charge in [-0.2, -0.15) is 0 Å². The lowest BCUT2D eigenvalue weighted by atomic mass is 10.0. The molecule has 0 saturated carbocycles. The van der Waals surface area contributed by atoms with Crippen molar-refractivity contribution in [3.05, 3.63) is 90.0 Å². The van der Waals surface area contributed by atoms with E-state index in [0.717, 1.165) is 41.1 Å². The van der Waals surface area contributed by atoms with E-state index in [2.05, 4.69) is 45.6 Å². The Morgan fingerprint density at radius 1 is 0.857 bits per heavy atom. The number of rotatable bonds is 7. The van der Waals surface area contributed by atoms with Gasteiger partial charge in [-0.1, -0.05) is 30.3 Å². The first-order valence-corrected chi connectivity index (χ1v) is 9.32. The van der Waals surface area contributed by atoms with E-state index in [9.17, 15) is 0 Å². The number of aryl methyl sites for hydroxylation is 2. The summed E-state index contributed by atoms with van der Waals surface area (Å²) in [7, 11) is 1.69. The van der Waals surface area contributed by atoms with Crippen LogP contribution in [0.15, 0.2) is 73.3 Å². The smallest absolute Gasteiger partial charge is 0.126 e. The molecule has 140 valence electrons. The molecule has 0 bridgehead atoms. The van der Waals surface area contributed by atoms with Crippen molar-refractivity contribution in [1.82, 2.24) is 15.0 Å². The Morgan fingerprint density at radius 2 is 1.68 bits per heavy atom. The van der Waals surface area contributed by atoms with Crippen LogP contribution in [0.25, 0.3) is 10.9 Å². The van der Waals surface area contributed by atoms with Crippen LogP contribution in [0, 0.1) is 0 Å². The number of para-hydroxylation sites is 1.